The van der Waals surface area contributed by atoms with E-state index in [1.54, 1.807) is 0 Å². The van der Waals surface area contributed by atoms with Gasteiger partial charge in [-0.15, -0.1) is 0 Å². The van der Waals surface area contributed by atoms with Gasteiger partial charge in [0.15, 0.2) is 11.5 Å². The van der Waals surface area contributed by atoms with Crippen molar-refractivity contribution >= 4 is 0 Å². The summed E-state index contributed by atoms with van der Waals surface area (Å²) in [7, 11) is 0. The molecule has 5 heteroatoms. The van der Waals surface area contributed by atoms with Gasteiger partial charge < -0.3 is 24.4 Å². The van der Waals surface area contributed by atoms with Crippen molar-refractivity contribution in [1.82, 2.24) is 0 Å². The number of rotatable bonds is 4. The van der Waals surface area contributed by atoms with Crippen molar-refractivity contribution in [3.8, 4) is 11.5 Å². The van der Waals surface area contributed by atoms with Gasteiger partial charge in [0, 0.05) is 12.8 Å². The highest BCUT2D eigenvalue weighted by Crippen LogP contribution is 2.34. The minimum Gasteiger partial charge on any atom is -0.486 e. The molecule has 1 saturated heterocycles. The number of aliphatic hydroxyl groups is 2. The molecule has 2 aromatic rings. The van der Waals surface area contributed by atoms with Crippen molar-refractivity contribution in [3.63, 3.8) is 0 Å². The lowest BCUT2D eigenvalue weighted by atomic mass is 9.92. The van der Waals surface area contributed by atoms with Crippen molar-refractivity contribution in [3.05, 3.63) is 58.7 Å². The van der Waals surface area contributed by atoms with E-state index in [-0.39, 0.29) is 18.8 Å². The lowest BCUT2D eigenvalue weighted by Crippen LogP contribution is -2.33. The molecule has 2 aromatic carbocycles. The number of benzene rings is 2. The molecule has 0 aliphatic carbocycles. The van der Waals surface area contributed by atoms with E-state index in [0.717, 1.165) is 29.0 Å². The van der Waals surface area contributed by atoms with E-state index in [1.165, 1.54) is 11.1 Å². The van der Waals surface area contributed by atoms with Gasteiger partial charge in [-0.2, -0.15) is 0 Å². The smallest absolute Gasteiger partial charge is 0.161 e. The van der Waals surface area contributed by atoms with Gasteiger partial charge in [-0.3, -0.25) is 0 Å². The molecule has 2 heterocycles. The van der Waals surface area contributed by atoms with Gasteiger partial charge in [0.25, 0.3) is 0 Å². The first-order chi connectivity index (χ1) is 13.1. The average Bonchev–Trinajstić information content (AvgIpc) is 2.69. The van der Waals surface area contributed by atoms with Crippen LogP contribution in [0.2, 0.25) is 0 Å². The zero-order chi connectivity index (χ0) is 18.8. The van der Waals surface area contributed by atoms with Crippen LogP contribution in [0.25, 0.3) is 0 Å². The van der Waals surface area contributed by atoms with E-state index < -0.39 is 6.10 Å². The standard InChI is InChI=1S/C22H26O5/c1-14-2-4-16(21-12-18(24)11-19(13-23)27-21)10-17(14)8-15-3-5-20-22(9-15)26-7-6-25-20/h2-5,9-10,18-19,21,23-24H,6-8,11-13H2,1H3. The fraction of sp³-hybridized carbons (Fsp3) is 0.455. The van der Waals surface area contributed by atoms with E-state index in [2.05, 4.69) is 31.2 Å². The lowest BCUT2D eigenvalue weighted by Gasteiger charge is -2.32. The fourth-order valence-electron chi connectivity index (χ4n) is 3.82. The molecule has 3 atom stereocenters. The van der Waals surface area contributed by atoms with Gasteiger partial charge >= 0.3 is 0 Å². The predicted octanol–water partition coefficient (Wildman–Crippen LogP) is 2.93. The van der Waals surface area contributed by atoms with Crippen molar-refractivity contribution in [2.75, 3.05) is 19.8 Å². The highest BCUT2D eigenvalue weighted by atomic mass is 16.6. The van der Waals surface area contributed by atoms with Crippen molar-refractivity contribution in [2.45, 2.75) is 44.5 Å². The Labute approximate surface area is 159 Å². The summed E-state index contributed by atoms with van der Waals surface area (Å²) >= 11 is 0. The van der Waals surface area contributed by atoms with Crippen LogP contribution < -0.4 is 9.47 Å². The van der Waals surface area contributed by atoms with Gasteiger partial charge in [0.1, 0.15) is 13.2 Å². The molecule has 0 saturated carbocycles. The first kappa shape index (κ1) is 18.3. The summed E-state index contributed by atoms with van der Waals surface area (Å²) in [5.41, 5.74) is 4.64. The summed E-state index contributed by atoms with van der Waals surface area (Å²) in [6.07, 6.45) is 0.899. The van der Waals surface area contributed by atoms with Crippen LogP contribution in [-0.4, -0.2) is 42.2 Å². The molecular weight excluding hydrogens is 344 g/mol. The Morgan fingerprint density at radius 2 is 1.81 bits per heavy atom. The topological polar surface area (TPSA) is 68.2 Å². The highest BCUT2D eigenvalue weighted by molar-refractivity contribution is 5.46. The minimum absolute atomic E-state index is 0.0660. The molecule has 2 aliphatic rings. The van der Waals surface area contributed by atoms with Gasteiger partial charge in [-0.1, -0.05) is 24.3 Å². The summed E-state index contributed by atoms with van der Waals surface area (Å²) in [6, 6.07) is 12.4. The molecule has 144 valence electrons. The fourth-order valence-corrected chi connectivity index (χ4v) is 3.82. The Morgan fingerprint density at radius 1 is 1.00 bits per heavy atom. The maximum absolute atomic E-state index is 10.1. The Kier molecular flexibility index (Phi) is 5.34. The SMILES string of the molecule is Cc1ccc(C2CC(O)CC(CO)O2)cc1Cc1ccc2c(c1)OCCO2. The summed E-state index contributed by atoms with van der Waals surface area (Å²) in [5.74, 6) is 1.60. The van der Waals surface area contributed by atoms with Crippen LogP contribution in [0.5, 0.6) is 11.5 Å². The average molecular weight is 370 g/mol. The number of aryl methyl sites for hydroxylation is 1. The minimum atomic E-state index is -0.441. The van der Waals surface area contributed by atoms with Crippen molar-refractivity contribution < 1.29 is 24.4 Å². The third kappa shape index (κ3) is 4.10. The number of fused-ring (bicyclic) bond motifs is 1. The van der Waals surface area contributed by atoms with Gasteiger partial charge in [-0.25, -0.2) is 0 Å². The molecule has 2 N–H and O–H groups in total. The molecule has 0 amide bonds. The zero-order valence-electron chi connectivity index (χ0n) is 15.6. The largest absolute Gasteiger partial charge is 0.486 e. The molecule has 1 fully saturated rings. The molecule has 2 aliphatic heterocycles. The molecule has 0 bridgehead atoms. The first-order valence-electron chi connectivity index (χ1n) is 9.54. The van der Waals surface area contributed by atoms with Gasteiger partial charge in [0.05, 0.1) is 24.9 Å². The van der Waals surface area contributed by atoms with Crippen LogP contribution in [0.15, 0.2) is 36.4 Å². The van der Waals surface area contributed by atoms with Crippen molar-refractivity contribution in [2.24, 2.45) is 0 Å². The Morgan fingerprint density at radius 3 is 2.63 bits per heavy atom. The summed E-state index contributed by atoms with van der Waals surface area (Å²) < 4.78 is 17.3. The zero-order valence-corrected chi connectivity index (χ0v) is 15.6. The predicted molar refractivity (Wildman–Crippen MR) is 101 cm³/mol. The molecule has 27 heavy (non-hydrogen) atoms. The molecule has 0 spiro atoms. The van der Waals surface area contributed by atoms with E-state index >= 15 is 0 Å². The van der Waals surface area contributed by atoms with Gasteiger partial charge in [-0.05, 0) is 47.7 Å². The number of ether oxygens (including phenoxy) is 3. The van der Waals surface area contributed by atoms with E-state index in [9.17, 15) is 10.2 Å². The van der Waals surface area contributed by atoms with Crippen LogP contribution in [0, 0.1) is 6.92 Å². The molecule has 4 rings (SSSR count). The van der Waals surface area contributed by atoms with E-state index in [0.29, 0.717) is 26.1 Å². The summed E-state index contributed by atoms with van der Waals surface area (Å²) in [4.78, 5) is 0. The number of hydrogen-bond acceptors (Lipinski definition) is 5. The highest BCUT2D eigenvalue weighted by Gasteiger charge is 2.29. The Hall–Kier alpha value is -2.08. The molecule has 0 radical (unpaired) electrons. The molecular formula is C22H26O5. The van der Waals surface area contributed by atoms with Crippen LogP contribution in [0.1, 0.15) is 41.2 Å². The van der Waals surface area contributed by atoms with Crippen LogP contribution >= 0.6 is 0 Å². The molecule has 5 nitrogen and oxygen atoms in total. The molecule has 3 unspecified atom stereocenters. The monoisotopic (exact) mass is 370 g/mol. The van der Waals surface area contributed by atoms with E-state index in [1.807, 2.05) is 12.1 Å². The maximum Gasteiger partial charge on any atom is 0.161 e. The second-order valence-electron chi connectivity index (χ2n) is 7.40. The van der Waals surface area contributed by atoms with Crippen LogP contribution in [0.4, 0.5) is 0 Å². The first-order valence-corrected chi connectivity index (χ1v) is 9.54. The van der Waals surface area contributed by atoms with Crippen LogP contribution in [-0.2, 0) is 11.2 Å². The third-order valence-electron chi connectivity index (χ3n) is 5.33. The normalized spacial score (nSPS) is 24.6. The van der Waals surface area contributed by atoms with Crippen molar-refractivity contribution in [1.29, 1.82) is 0 Å². The third-order valence-corrected chi connectivity index (χ3v) is 5.33. The Balaban J connectivity index is 1.56. The Bertz CT molecular complexity index is 803. The number of hydrogen-bond donors (Lipinski definition) is 2. The van der Waals surface area contributed by atoms with Crippen LogP contribution in [0.3, 0.4) is 0 Å². The van der Waals surface area contributed by atoms with Gasteiger partial charge in [0.2, 0.25) is 0 Å². The quantitative estimate of drug-likeness (QED) is 0.866. The summed E-state index contributed by atoms with van der Waals surface area (Å²) in [6.45, 7) is 3.21. The summed E-state index contributed by atoms with van der Waals surface area (Å²) in [5, 5.41) is 19.5. The maximum atomic E-state index is 10.1. The number of aliphatic hydroxyl groups excluding tert-OH is 2. The molecule has 0 aromatic heterocycles. The second kappa shape index (κ2) is 7.89. The lowest BCUT2D eigenvalue weighted by molar-refractivity contribution is -0.113. The van der Waals surface area contributed by atoms with E-state index in [4.69, 9.17) is 14.2 Å². The second-order valence-corrected chi connectivity index (χ2v) is 7.40.